The molecule has 310 valence electrons. The normalized spacial score (nSPS) is 11.0. The van der Waals surface area contributed by atoms with E-state index in [1.807, 2.05) is 0 Å². The van der Waals surface area contributed by atoms with Crippen molar-refractivity contribution < 1.29 is 224 Å². The zero-order valence-corrected chi connectivity index (χ0v) is 37.0. The molecule has 0 aromatic carbocycles. The van der Waals surface area contributed by atoms with Crippen LogP contribution in [0.3, 0.4) is 0 Å². The topological polar surface area (TPSA) is 350 Å². The van der Waals surface area contributed by atoms with Crippen molar-refractivity contribution in [3.05, 3.63) is 0 Å². The van der Waals surface area contributed by atoms with E-state index < -0.39 is 72.7 Å². The number of hydrogen-bond acceptors (Lipinski definition) is 22. The number of carbonyl (C=O) groups excluding carboxylic acids is 2. The van der Waals surface area contributed by atoms with Crippen molar-refractivity contribution in [3.63, 3.8) is 0 Å². The molecule has 0 aliphatic carbocycles. The average Bonchev–Trinajstić information content (AvgIpc) is 3.02. The Morgan fingerprint density at radius 2 is 1.00 bits per heavy atom. The molecule has 0 saturated heterocycles. The molecule has 54 heavy (non-hydrogen) atoms. The molecule has 0 aromatic heterocycles. The molecule has 0 aliphatic heterocycles. The first-order chi connectivity index (χ1) is 22.9. The summed E-state index contributed by atoms with van der Waals surface area (Å²) in [6.45, 7) is 1.67. The number of hydrogen-bond donors (Lipinski definition) is 4. The number of esters is 2. The number of ether oxygens (including phenoxy) is 6. The smallest absolute Gasteiger partial charge is 0.870 e. The van der Waals surface area contributed by atoms with Crippen molar-refractivity contribution in [2.45, 2.75) is 15.8 Å². The summed E-state index contributed by atoms with van der Waals surface area (Å²) in [5.74, 6) is -7.29. The summed E-state index contributed by atoms with van der Waals surface area (Å²) in [5.41, 5.74) is 0. The molecule has 0 atom stereocenters. The van der Waals surface area contributed by atoms with Gasteiger partial charge in [0.15, 0.2) is 10.1 Å². The molecular formula is C19H32F7Na3O22S3. The van der Waals surface area contributed by atoms with Gasteiger partial charge in [-0.3, -0.25) is 5.04 Å². The molecule has 35 heteroatoms. The van der Waals surface area contributed by atoms with Gasteiger partial charge in [0.2, 0.25) is 0 Å². The van der Waals surface area contributed by atoms with Gasteiger partial charge in [-0.1, -0.05) is 3.89 Å². The number of carbonyl (C=O) groups is 3. The minimum atomic E-state index is -6.22. The second-order valence-electron chi connectivity index (χ2n) is 7.21. The van der Waals surface area contributed by atoms with Crippen LogP contribution in [0, 0.1) is 0 Å². The zero-order chi connectivity index (χ0) is 40.1. The molecule has 0 radical (unpaired) electrons. The molecule has 0 aromatic rings. The van der Waals surface area contributed by atoms with Crippen LogP contribution in [-0.4, -0.2) is 167 Å². The van der Waals surface area contributed by atoms with E-state index in [-0.39, 0.29) is 140 Å². The standard InChI is InChI=1S/C8H14F2O8S.C6H14O4.C3H3F3O4S.C2H2F2O5S.3Na.H2O/c9-8(10,19-18-17-13)7(12)16-6-5-15-4-3-14-2-1-11;7-1-3-9-5-6-10-4-2-8;1-10-2(7)3(4,5)11(6,8)9;3-2(4,1(5)6)10(7,8)9;;;;/h11,13H,1-6H2;7-8H,1-6H2;1H3;(H,5,6)(H,7,8,9);;;;1H2/q;;;;3*+1;/p-3. The van der Waals surface area contributed by atoms with Crippen molar-refractivity contribution in [2.24, 2.45) is 0 Å². The minimum absolute atomic E-state index is 0. The van der Waals surface area contributed by atoms with E-state index >= 15 is 0 Å². The van der Waals surface area contributed by atoms with Crippen molar-refractivity contribution in [1.29, 1.82) is 0 Å². The van der Waals surface area contributed by atoms with Crippen LogP contribution in [-0.2, 0) is 72.5 Å². The third-order valence-electron chi connectivity index (χ3n) is 3.61. The molecule has 22 nitrogen and oxygen atoms in total. The van der Waals surface area contributed by atoms with Gasteiger partial charge in [-0.15, -0.1) is 0 Å². The van der Waals surface area contributed by atoms with Crippen molar-refractivity contribution in [1.82, 2.24) is 0 Å². The van der Waals surface area contributed by atoms with Gasteiger partial charge in [0.1, 0.15) is 18.6 Å². The van der Waals surface area contributed by atoms with E-state index in [0.717, 1.165) is 0 Å². The first-order valence-corrected chi connectivity index (χ1v) is 15.7. The molecule has 0 saturated carbocycles. The molecule has 0 spiro atoms. The Morgan fingerprint density at radius 1 is 0.667 bits per heavy atom. The van der Waals surface area contributed by atoms with Crippen LogP contribution < -0.4 is 93.9 Å². The third-order valence-corrected chi connectivity index (χ3v) is 5.69. The van der Waals surface area contributed by atoms with Gasteiger partial charge in [-0.05, 0) is 0 Å². The molecule has 0 fully saturated rings. The number of aliphatic carboxylic acids is 1. The van der Waals surface area contributed by atoms with Crippen LogP contribution in [0.4, 0.5) is 30.2 Å². The first-order valence-electron chi connectivity index (χ1n) is 12.2. The van der Waals surface area contributed by atoms with E-state index in [9.17, 15) is 71.3 Å². The SMILES string of the molecule is COC(=O)C(F)(F)S(=O)(=O)F.O=C(O)C(F)(F)S(=O)(=O)[O-].O=C(OCCOCCOCCO)C(F)(F)SOO[O-].OCCOCCOCCO.[Na+].[Na+].[Na+].[OH-]. The predicted octanol–water partition coefficient (Wildman–Crippen LogP) is -11.9. The maximum absolute atomic E-state index is 12.8. The van der Waals surface area contributed by atoms with Crippen LogP contribution in [0.25, 0.3) is 0 Å². The fourth-order valence-corrected chi connectivity index (χ4v) is 2.27. The molecule has 0 rings (SSSR count). The summed E-state index contributed by atoms with van der Waals surface area (Å²) in [4.78, 5) is 30.0. The Hall–Kier alpha value is 0.690. The largest absolute Gasteiger partial charge is 1.00 e. The minimum Gasteiger partial charge on any atom is -0.870 e. The third kappa shape index (κ3) is 38.2. The van der Waals surface area contributed by atoms with Gasteiger partial charge in [-0.25, -0.2) is 22.8 Å². The van der Waals surface area contributed by atoms with Gasteiger partial charge in [0.25, 0.3) is 0 Å². The predicted molar refractivity (Wildman–Crippen MR) is 141 cm³/mol. The number of carboxylic acids is 1. The molecule has 0 heterocycles. The van der Waals surface area contributed by atoms with Gasteiger partial charge in [0.05, 0.1) is 79.8 Å². The second-order valence-corrected chi connectivity index (χ2v) is 10.8. The number of aliphatic hydroxyl groups excluding tert-OH is 3. The average molecular weight is 911 g/mol. The van der Waals surface area contributed by atoms with Gasteiger partial charge in [0, 0.05) is 0 Å². The van der Waals surface area contributed by atoms with E-state index in [1.165, 1.54) is 0 Å². The number of halogens is 7. The number of methoxy groups -OCH3 is 1. The first kappa shape index (κ1) is 72.3. The Bertz CT molecular complexity index is 1140. The van der Waals surface area contributed by atoms with Crippen molar-refractivity contribution >= 4 is 50.3 Å². The number of rotatable bonds is 23. The monoisotopic (exact) mass is 910 g/mol. The van der Waals surface area contributed by atoms with E-state index in [0.29, 0.717) is 33.5 Å². The summed E-state index contributed by atoms with van der Waals surface area (Å²) < 4.78 is 162. The van der Waals surface area contributed by atoms with E-state index in [4.69, 9.17) is 39.4 Å². The van der Waals surface area contributed by atoms with Crippen LogP contribution in [0.5, 0.6) is 0 Å². The van der Waals surface area contributed by atoms with E-state index in [2.05, 4.69) is 18.8 Å². The Kier molecular flexibility index (Phi) is 54.2. The summed E-state index contributed by atoms with van der Waals surface area (Å²) in [6.07, 6.45) is 0. The van der Waals surface area contributed by atoms with Gasteiger partial charge < -0.3 is 64.1 Å². The number of alkyl halides is 6. The summed E-state index contributed by atoms with van der Waals surface area (Å²) in [7, 11) is -11.8. The van der Waals surface area contributed by atoms with Crippen LogP contribution >= 0.6 is 12.0 Å². The van der Waals surface area contributed by atoms with E-state index in [1.54, 1.807) is 0 Å². The Labute approximate surface area is 372 Å². The molecular weight excluding hydrogens is 878 g/mol. The maximum atomic E-state index is 12.8. The summed E-state index contributed by atoms with van der Waals surface area (Å²) in [5, 5.41) is 30.0. The Balaban J connectivity index is -0.0000000886. The van der Waals surface area contributed by atoms with Crippen LogP contribution in [0.2, 0.25) is 0 Å². The maximum Gasteiger partial charge on any atom is 1.00 e. The number of aliphatic hydroxyl groups is 3. The van der Waals surface area contributed by atoms with Crippen molar-refractivity contribution in [3.8, 4) is 0 Å². The zero-order valence-electron chi connectivity index (χ0n) is 28.5. The van der Waals surface area contributed by atoms with Gasteiger partial charge in [-0.2, -0.15) is 39.1 Å². The second kappa shape index (κ2) is 40.5. The Morgan fingerprint density at radius 3 is 1.22 bits per heavy atom. The number of carboxylic acid groups (broad SMARTS) is 1. The molecule has 0 bridgehead atoms. The summed E-state index contributed by atoms with van der Waals surface area (Å²) in [6, 6.07) is 0. The fraction of sp³-hybridized carbons (Fsp3) is 0.842. The van der Waals surface area contributed by atoms with Crippen molar-refractivity contribution in [2.75, 3.05) is 86.4 Å². The van der Waals surface area contributed by atoms with Crippen LogP contribution in [0.1, 0.15) is 0 Å². The van der Waals surface area contributed by atoms with Crippen LogP contribution in [0.15, 0.2) is 0 Å². The summed E-state index contributed by atoms with van der Waals surface area (Å²) >= 11 is -0.763. The molecule has 5 N–H and O–H groups in total. The molecule has 0 aliphatic rings. The quantitative estimate of drug-likeness (QED) is 0.00851. The molecule has 0 unspecified atom stereocenters. The fourth-order valence-electron chi connectivity index (χ4n) is 1.53. The van der Waals surface area contributed by atoms with Gasteiger partial charge >= 0.3 is 133 Å². The molecule has 0 amide bonds.